The van der Waals surface area contributed by atoms with Crippen LogP contribution in [0, 0.1) is 0 Å². The summed E-state index contributed by atoms with van der Waals surface area (Å²) >= 11 is 0. The molecule has 0 fully saturated rings. The van der Waals surface area contributed by atoms with Gasteiger partial charge >= 0.3 is 7.55 Å². The van der Waals surface area contributed by atoms with Crippen molar-refractivity contribution < 1.29 is 8.79 Å². The van der Waals surface area contributed by atoms with Crippen molar-refractivity contribution in [3.63, 3.8) is 0 Å². The Balaban J connectivity index is 3.89. The quantitative estimate of drug-likeness (QED) is 0.499. The van der Waals surface area contributed by atoms with Crippen LogP contribution in [0.15, 0.2) is 0 Å². The highest BCUT2D eigenvalue weighted by molar-refractivity contribution is 6.16. The second-order valence-corrected chi connectivity index (χ2v) is 4.33. The third kappa shape index (κ3) is 4.83. The van der Waals surface area contributed by atoms with Crippen LogP contribution in [-0.2, 0) is 0 Å². The average Bonchev–Trinajstić information content (AvgIpc) is 1.60. The monoisotopic (exact) mass is 143 g/mol. The Morgan fingerprint density at radius 2 is 1.40 bits per heavy atom. The summed E-state index contributed by atoms with van der Waals surface area (Å²) in [5.74, 6) is 0. The maximum Gasteiger partial charge on any atom is 0.341 e. The van der Waals surface area contributed by atoms with E-state index in [0.29, 0.717) is 0 Å². The summed E-state index contributed by atoms with van der Waals surface area (Å²) in [6, 6.07) is 0. The molecule has 0 saturated carbocycles. The zero-order valence-corrected chi connectivity index (χ0v) is 8.18. The van der Waals surface area contributed by atoms with E-state index in [-0.39, 0.29) is 0 Å². The lowest BCUT2D eigenvalue weighted by Crippen LogP contribution is -2.56. The largest absolute Gasteiger partial charge is 0.510 e. The Bertz CT molecular complexity index is 105. The summed E-state index contributed by atoms with van der Waals surface area (Å²) in [6.45, 7) is 3.35. The Kier molecular flexibility index (Phi) is 2.92. The maximum atomic E-state index is 2.31. The van der Waals surface area contributed by atoms with Crippen molar-refractivity contribution in [1.82, 2.24) is 0 Å². The second-order valence-electron chi connectivity index (χ2n) is 4.33. The molecule has 0 bridgehead atoms. The van der Waals surface area contributed by atoms with E-state index < -0.39 is 0 Å². The lowest BCUT2D eigenvalue weighted by Gasteiger charge is -2.46. The zero-order chi connectivity index (χ0) is 8.41. The van der Waals surface area contributed by atoms with Crippen molar-refractivity contribution in [1.29, 1.82) is 0 Å². The molecule has 0 amide bonds. The van der Waals surface area contributed by atoms with Gasteiger partial charge in [0, 0.05) is 41.8 Å². The average molecular weight is 143 g/mol. The minimum atomic E-state index is 0.918. The van der Waals surface area contributed by atoms with Gasteiger partial charge in [-0.1, -0.05) is 0 Å². The highest BCUT2D eigenvalue weighted by atomic mass is 15.4. The van der Waals surface area contributed by atoms with Gasteiger partial charge in [0.05, 0.1) is 0 Å². The van der Waals surface area contributed by atoms with Gasteiger partial charge in [-0.2, -0.15) is 0 Å². The van der Waals surface area contributed by atoms with E-state index in [2.05, 4.69) is 49.7 Å². The molecule has 0 unspecified atom stereocenters. The number of hydrogen-bond acceptors (Lipinski definition) is 0. The fraction of sp³-hybridized carbons (Fsp3) is 1.00. The molecule has 0 saturated heterocycles. The van der Waals surface area contributed by atoms with E-state index in [1.165, 1.54) is 0 Å². The molecule has 60 valence electrons. The molecule has 0 spiro atoms. The van der Waals surface area contributed by atoms with Crippen LogP contribution in [0.5, 0.6) is 0 Å². The summed E-state index contributed by atoms with van der Waals surface area (Å²) in [4.78, 5) is 0. The number of nitrogens with zero attached hydrogens (tertiary/aromatic N) is 2. The molecule has 0 aliphatic carbocycles. The zero-order valence-electron chi connectivity index (χ0n) is 8.18. The topological polar surface area (TPSA) is 0 Å². The molecule has 0 aromatic carbocycles. The first-order valence-corrected chi connectivity index (χ1v) is 3.78. The lowest BCUT2D eigenvalue weighted by molar-refractivity contribution is -0.879. The minimum Gasteiger partial charge on any atom is -0.510 e. The second kappa shape index (κ2) is 2.93. The van der Waals surface area contributed by atoms with Crippen LogP contribution in [-0.4, -0.2) is 58.1 Å². The van der Waals surface area contributed by atoms with Gasteiger partial charge in [0.1, 0.15) is 0 Å². The Morgan fingerprint density at radius 3 is 1.50 bits per heavy atom. The van der Waals surface area contributed by atoms with Gasteiger partial charge < -0.3 is 8.79 Å². The van der Waals surface area contributed by atoms with Gasteiger partial charge in [0.2, 0.25) is 0 Å². The molecule has 0 heterocycles. The third-order valence-electron chi connectivity index (χ3n) is 1.47. The fourth-order valence-corrected chi connectivity index (χ4v) is 1.02. The van der Waals surface area contributed by atoms with Crippen LogP contribution < -0.4 is 0 Å². The Labute approximate surface area is 65.9 Å². The molecule has 0 aliphatic heterocycles. The molecule has 3 heteroatoms. The molecule has 2 nitrogen and oxygen atoms in total. The number of rotatable bonds is 3. The van der Waals surface area contributed by atoms with Crippen molar-refractivity contribution >= 4 is 7.55 Å². The van der Waals surface area contributed by atoms with E-state index in [1.54, 1.807) is 0 Å². The van der Waals surface area contributed by atoms with Crippen molar-refractivity contribution in [2.24, 2.45) is 0 Å². The molecular weight excluding hydrogens is 123 g/mol. The van der Waals surface area contributed by atoms with Crippen LogP contribution in [0.4, 0.5) is 0 Å². The Hall–Kier alpha value is -0.0151. The first kappa shape index (κ1) is 9.98. The predicted octanol–water partition coefficient (Wildman–Crippen LogP) is 0.323. The van der Waals surface area contributed by atoms with E-state index >= 15 is 0 Å². The molecule has 0 N–H and O–H groups in total. The fourth-order valence-electron chi connectivity index (χ4n) is 1.02. The van der Waals surface area contributed by atoms with Gasteiger partial charge in [0.25, 0.3) is 0 Å². The summed E-state index contributed by atoms with van der Waals surface area (Å²) in [6.07, 6.45) is 0. The highest BCUT2D eigenvalue weighted by Crippen LogP contribution is 1.98. The van der Waals surface area contributed by atoms with Gasteiger partial charge in [-0.3, -0.25) is 0 Å². The lowest BCUT2D eigenvalue weighted by atomic mass is 10.00. The predicted molar refractivity (Wildman–Crippen MR) is 46.4 cm³/mol. The Morgan fingerprint density at radius 1 is 1.00 bits per heavy atom. The van der Waals surface area contributed by atoms with Gasteiger partial charge in [-0.15, -0.1) is 0 Å². The first-order valence-electron chi connectivity index (χ1n) is 3.78. The SMILES string of the molecule is CC[N+](C)(C)[B-][N+](C)(C)C. The van der Waals surface area contributed by atoms with Crippen LogP contribution in [0.2, 0.25) is 0 Å². The van der Waals surface area contributed by atoms with E-state index in [0.717, 1.165) is 15.3 Å². The number of quaternary nitrogens is 2. The van der Waals surface area contributed by atoms with Crippen LogP contribution in [0.3, 0.4) is 0 Å². The summed E-state index contributed by atoms with van der Waals surface area (Å²) in [7, 11) is 13.3. The van der Waals surface area contributed by atoms with Crippen molar-refractivity contribution in [2.45, 2.75) is 6.92 Å². The molecule has 2 radical (unpaired) electrons. The van der Waals surface area contributed by atoms with Crippen molar-refractivity contribution in [2.75, 3.05) is 41.8 Å². The molecule has 0 aliphatic rings. The first-order chi connectivity index (χ1) is 4.27. The number of hydrogen-bond donors (Lipinski definition) is 0. The van der Waals surface area contributed by atoms with E-state index in [4.69, 9.17) is 0 Å². The smallest absolute Gasteiger partial charge is 0.341 e. The standard InChI is InChI=1S/C7H20BN2/c1-7-10(5,6)8-9(2,3)4/h7H2,1-6H3/q+1. The van der Waals surface area contributed by atoms with Crippen molar-refractivity contribution in [3.05, 3.63) is 0 Å². The summed E-state index contributed by atoms with van der Waals surface area (Å²) in [5, 5.41) is 0. The van der Waals surface area contributed by atoms with Crippen LogP contribution in [0.25, 0.3) is 0 Å². The summed E-state index contributed by atoms with van der Waals surface area (Å²) in [5.41, 5.74) is 0. The van der Waals surface area contributed by atoms with Gasteiger partial charge in [-0.05, 0) is 6.92 Å². The molecule has 0 atom stereocenters. The van der Waals surface area contributed by atoms with Crippen molar-refractivity contribution in [3.8, 4) is 0 Å². The minimum absolute atomic E-state index is 0.918. The summed E-state index contributed by atoms with van der Waals surface area (Å²) < 4.78 is 1.89. The normalized spacial score (nSPS) is 13.8. The molecule has 0 aromatic rings. The maximum absolute atomic E-state index is 2.31. The van der Waals surface area contributed by atoms with Crippen LogP contribution in [0.1, 0.15) is 6.92 Å². The molecule has 10 heavy (non-hydrogen) atoms. The van der Waals surface area contributed by atoms with E-state index in [9.17, 15) is 0 Å². The van der Waals surface area contributed by atoms with E-state index in [1.807, 2.05) is 0 Å². The molecular formula is C7H20BN2+. The van der Waals surface area contributed by atoms with Gasteiger partial charge in [0.15, 0.2) is 0 Å². The highest BCUT2D eigenvalue weighted by Gasteiger charge is 2.13. The molecule has 0 aromatic heterocycles. The molecule has 0 rings (SSSR count). The van der Waals surface area contributed by atoms with Crippen LogP contribution >= 0.6 is 0 Å². The van der Waals surface area contributed by atoms with Gasteiger partial charge in [-0.25, -0.2) is 0 Å². The third-order valence-corrected chi connectivity index (χ3v) is 1.47.